The number of anilines is 1. The standard InChI is InChI=1S/C20H20N4O2/c1-14-6-8-16(9-7-14)23-12-15(2)22(13-19(23)25)20(26)17-11-21-24-10-4-3-5-18(17)24/h3-11,15H,12-13H2,1-2H3. The zero-order chi connectivity index (χ0) is 18.3. The van der Waals surface area contributed by atoms with E-state index in [1.807, 2.05) is 56.3 Å². The summed E-state index contributed by atoms with van der Waals surface area (Å²) < 4.78 is 1.67. The number of aryl methyl sites for hydroxylation is 1. The number of nitrogens with zero attached hydrogens (tertiary/aromatic N) is 4. The second-order valence-electron chi connectivity index (χ2n) is 6.71. The lowest BCUT2D eigenvalue weighted by molar-refractivity contribution is -0.121. The zero-order valence-corrected chi connectivity index (χ0v) is 14.8. The van der Waals surface area contributed by atoms with Gasteiger partial charge in [0.15, 0.2) is 0 Å². The average molecular weight is 348 g/mol. The minimum atomic E-state index is -0.157. The molecule has 1 atom stereocenters. The van der Waals surface area contributed by atoms with E-state index in [-0.39, 0.29) is 24.4 Å². The van der Waals surface area contributed by atoms with Crippen LogP contribution in [-0.4, -0.2) is 45.5 Å². The van der Waals surface area contributed by atoms with Crippen LogP contribution >= 0.6 is 0 Å². The van der Waals surface area contributed by atoms with Crippen molar-refractivity contribution in [1.82, 2.24) is 14.5 Å². The van der Waals surface area contributed by atoms with Crippen LogP contribution in [-0.2, 0) is 4.79 Å². The smallest absolute Gasteiger partial charge is 0.258 e. The van der Waals surface area contributed by atoms with E-state index in [0.717, 1.165) is 16.8 Å². The molecule has 4 rings (SSSR count). The third-order valence-electron chi connectivity index (χ3n) is 4.85. The SMILES string of the molecule is Cc1ccc(N2CC(C)N(C(=O)c3cnn4ccccc34)CC2=O)cc1. The maximum Gasteiger partial charge on any atom is 0.258 e. The molecule has 1 unspecified atom stereocenters. The fraction of sp³-hybridized carbons (Fsp3) is 0.250. The number of hydrogen-bond donors (Lipinski definition) is 0. The van der Waals surface area contributed by atoms with Crippen molar-refractivity contribution >= 4 is 23.0 Å². The van der Waals surface area contributed by atoms with Gasteiger partial charge in [-0.3, -0.25) is 9.59 Å². The Bertz CT molecular complexity index is 977. The van der Waals surface area contributed by atoms with Gasteiger partial charge in [-0.15, -0.1) is 0 Å². The van der Waals surface area contributed by atoms with E-state index in [0.29, 0.717) is 12.1 Å². The van der Waals surface area contributed by atoms with Gasteiger partial charge in [-0.05, 0) is 38.1 Å². The monoisotopic (exact) mass is 348 g/mol. The normalized spacial score (nSPS) is 17.8. The van der Waals surface area contributed by atoms with Gasteiger partial charge in [-0.25, -0.2) is 4.52 Å². The van der Waals surface area contributed by atoms with Gasteiger partial charge in [0.1, 0.15) is 6.54 Å². The lowest BCUT2D eigenvalue weighted by atomic mass is 10.1. The van der Waals surface area contributed by atoms with Crippen LogP contribution in [0.2, 0.25) is 0 Å². The van der Waals surface area contributed by atoms with Gasteiger partial charge in [-0.2, -0.15) is 5.10 Å². The first kappa shape index (κ1) is 16.3. The molecule has 1 aromatic carbocycles. The zero-order valence-electron chi connectivity index (χ0n) is 14.8. The number of carbonyl (C=O) groups excluding carboxylic acids is 2. The van der Waals surface area contributed by atoms with Crippen molar-refractivity contribution in [2.45, 2.75) is 19.9 Å². The van der Waals surface area contributed by atoms with Crippen LogP contribution in [0.5, 0.6) is 0 Å². The van der Waals surface area contributed by atoms with Gasteiger partial charge in [0.25, 0.3) is 5.91 Å². The maximum absolute atomic E-state index is 13.0. The van der Waals surface area contributed by atoms with Crippen molar-refractivity contribution in [2.75, 3.05) is 18.0 Å². The Labute approximate surface area is 151 Å². The fourth-order valence-electron chi connectivity index (χ4n) is 3.35. The maximum atomic E-state index is 13.0. The van der Waals surface area contributed by atoms with Crippen molar-refractivity contribution < 1.29 is 9.59 Å². The Morgan fingerprint density at radius 3 is 2.69 bits per heavy atom. The molecular weight excluding hydrogens is 328 g/mol. The molecule has 0 radical (unpaired) electrons. The molecule has 0 spiro atoms. The molecule has 3 aromatic rings. The Morgan fingerprint density at radius 2 is 1.92 bits per heavy atom. The molecule has 0 saturated carbocycles. The molecule has 26 heavy (non-hydrogen) atoms. The quantitative estimate of drug-likeness (QED) is 0.715. The Hall–Kier alpha value is -3.15. The number of piperazine rings is 1. The summed E-state index contributed by atoms with van der Waals surface area (Å²) in [5, 5.41) is 4.22. The van der Waals surface area contributed by atoms with Crippen LogP contribution in [0.15, 0.2) is 54.9 Å². The molecule has 1 aliphatic rings. The molecule has 0 N–H and O–H groups in total. The van der Waals surface area contributed by atoms with Crippen LogP contribution in [0.3, 0.4) is 0 Å². The highest BCUT2D eigenvalue weighted by molar-refractivity contribution is 6.05. The predicted octanol–water partition coefficient (Wildman–Crippen LogP) is 2.52. The first-order valence-corrected chi connectivity index (χ1v) is 8.65. The van der Waals surface area contributed by atoms with Crippen molar-refractivity contribution in [3.63, 3.8) is 0 Å². The van der Waals surface area contributed by atoms with Gasteiger partial charge >= 0.3 is 0 Å². The van der Waals surface area contributed by atoms with Crippen molar-refractivity contribution in [3.05, 3.63) is 66.0 Å². The summed E-state index contributed by atoms with van der Waals surface area (Å²) in [6.45, 7) is 4.53. The van der Waals surface area contributed by atoms with E-state index in [4.69, 9.17) is 0 Å². The van der Waals surface area contributed by atoms with Crippen molar-refractivity contribution in [1.29, 1.82) is 0 Å². The minimum Gasteiger partial charge on any atom is -0.325 e. The number of benzene rings is 1. The van der Waals surface area contributed by atoms with E-state index in [2.05, 4.69) is 5.10 Å². The average Bonchev–Trinajstić information content (AvgIpc) is 3.08. The lowest BCUT2D eigenvalue weighted by Crippen LogP contribution is -2.57. The molecule has 6 nitrogen and oxygen atoms in total. The minimum absolute atomic E-state index is 0.0675. The highest BCUT2D eigenvalue weighted by atomic mass is 16.2. The predicted molar refractivity (Wildman–Crippen MR) is 99.2 cm³/mol. The number of aromatic nitrogens is 2. The summed E-state index contributed by atoms with van der Waals surface area (Å²) >= 11 is 0. The van der Waals surface area contributed by atoms with Crippen LogP contribution in [0.4, 0.5) is 5.69 Å². The fourth-order valence-corrected chi connectivity index (χ4v) is 3.35. The van der Waals surface area contributed by atoms with E-state index in [1.165, 1.54) is 0 Å². The number of hydrogen-bond acceptors (Lipinski definition) is 3. The number of pyridine rings is 1. The Morgan fingerprint density at radius 1 is 1.15 bits per heavy atom. The highest BCUT2D eigenvalue weighted by Gasteiger charge is 2.34. The van der Waals surface area contributed by atoms with Gasteiger partial charge in [0.05, 0.1) is 17.3 Å². The molecule has 6 heteroatoms. The molecule has 3 heterocycles. The molecular formula is C20H20N4O2. The Kier molecular flexibility index (Phi) is 3.95. The summed E-state index contributed by atoms with van der Waals surface area (Å²) in [5.74, 6) is -0.229. The molecule has 1 saturated heterocycles. The third kappa shape index (κ3) is 2.73. The molecule has 132 valence electrons. The van der Waals surface area contributed by atoms with E-state index < -0.39 is 0 Å². The second kappa shape index (κ2) is 6.29. The summed E-state index contributed by atoms with van der Waals surface area (Å²) in [6.07, 6.45) is 3.37. The van der Waals surface area contributed by atoms with Gasteiger partial charge in [0, 0.05) is 24.5 Å². The van der Waals surface area contributed by atoms with Crippen molar-refractivity contribution in [2.24, 2.45) is 0 Å². The van der Waals surface area contributed by atoms with E-state index in [1.54, 1.807) is 26.7 Å². The second-order valence-corrected chi connectivity index (χ2v) is 6.71. The van der Waals surface area contributed by atoms with E-state index in [9.17, 15) is 9.59 Å². The topological polar surface area (TPSA) is 57.9 Å². The number of amides is 2. The molecule has 2 aromatic heterocycles. The first-order chi connectivity index (χ1) is 12.5. The summed E-state index contributed by atoms with van der Waals surface area (Å²) in [5.41, 5.74) is 3.29. The first-order valence-electron chi connectivity index (χ1n) is 8.65. The molecule has 1 aliphatic heterocycles. The van der Waals surface area contributed by atoms with Gasteiger partial charge in [-0.1, -0.05) is 23.8 Å². The molecule has 2 amide bonds. The van der Waals surface area contributed by atoms with Crippen LogP contribution in [0.1, 0.15) is 22.8 Å². The number of rotatable bonds is 2. The van der Waals surface area contributed by atoms with E-state index >= 15 is 0 Å². The molecule has 0 aliphatic carbocycles. The van der Waals surface area contributed by atoms with Crippen molar-refractivity contribution in [3.8, 4) is 0 Å². The summed E-state index contributed by atoms with van der Waals surface area (Å²) in [4.78, 5) is 29.1. The Balaban J connectivity index is 1.58. The van der Waals surface area contributed by atoms with Crippen LogP contribution in [0.25, 0.3) is 5.52 Å². The third-order valence-corrected chi connectivity index (χ3v) is 4.85. The number of fused-ring (bicyclic) bond motifs is 1. The lowest BCUT2D eigenvalue weighted by Gasteiger charge is -2.39. The van der Waals surface area contributed by atoms with Crippen LogP contribution < -0.4 is 4.90 Å². The summed E-state index contributed by atoms with van der Waals surface area (Å²) in [6, 6.07) is 13.4. The van der Waals surface area contributed by atoms with Gasteiger partial charge < -0.3 is 9.80 Å². The van der Waals surface area contributed by atoms with Crippen LogP contribution in [0, 0.1) is 6.92 Å². The van der Waals surface area contributed by atoms with Gasteiger partial charge in [0.2, 0.25) is 5.91 Å². The summed E-state index contributed by atoms with van der Waals surface area (Å²) in [7, 11) is 0. The largest absolute Gasteiger partial charge is 0.325 e. The highest BCUT2D eigenvalue weighted by Crippen LogP contribution is 2.23. The molecule has 0 bridgehead atoms. The molecule has 1 fully saturated rings. The number of carbonyl (C=O) groups is 2.